The molecule has 21 heavy (non-hydrogen) atoms. The fraction of sp³-hybridized carbons (Fsp3) is 0.438. The van der Waals surface area contributed by atoms with Crippen LogP contribution in [0.15, 0.2) is 35.4 Å². The van der Waals surface area contributed by atoms with Crippen molar-refractivity contribution in [3.63, 3.8) is 0 Å². The Bertz CT molecular complexity index is 568. The first kappa shape index (κ1) is 15.9. The molecule has 0 unspecified atom stereocenters. The second kappa shape index (κ2) is 8.10. The minimum Gasteiger partial charge on any atom is -0.382 e. The molecule has 0 fully saturated rings. The van der Waals surface area contributed by atoms with E-state index in [2.05, 4.69) is 51.6 Å². The summed E-state index contributed by atoms with van der Waals surface area (Å²) >= 11 is 1.75. The molecule has 0 aliphatic rings. The van der Waals surface area contributed by atoms with Gasteiger partial charge in [0, 0.05) is 36.5 Å². The zero-order valence-corrected chi connectivity index (χ0v) is 13.7. The van der Waals surface area contributed by atoms with Crippen LogP contribution >= 0.6 is 11.8 Å². The molecule has 4 nitrogen and oxygen atoms in total. The van der Waals surface area contributed by atoms with Crippen LogP contribution < -0.4 is 5.32 Å². The molecule has 1 aromatic heterocycles. The molecule has 0 atom stereocenters. The molecule has 0 amide bonds. The van der Waals surface area contributed by atoms with Gasteiger partial charge in [0.15, 0.2) is 0 Å². The number of benzene rings is 1. The van der Waals surface area contributed by atoms with Gasteiger partial charge in [-0.1, -0.05) is 6.07 Å². The van der Waals surface area contributed by atoms with Gasteiger partial charge in [-0.2, -0.15) is 0 Å². The highest BCUT2D eigenvalue weighted by Gasteiger charge is 2.07. The van der Waals surface area contributed by atoms with Crippen LogP contribution in [0.25, 0.3) is 5.69 Å². The van der Waals surface area contributed by atoms with Gasteiger partial charge in [-0.3, -0.25) is 4.57 Å². The highest BCUT2D eigenvalue weighted by molar-refractivity contribution is 7.98. The van der Waals surface area contributed by atoms with Crippen molar-refractivity contribution in [1.82, 2.24) is 9.55 Å². The normalized spacial score (nSPS) is 10.8. The first-order valence-corrected chi connectivity index (χ1v) is 8.49. The summed E-state index contributed by atoms with van der Waals surface area (Å²) < 4.78 is 7.46. The van der Waals surface area contributed by atoms with Crippen LogP contribution in [0.1, 0.15) is 19.0 Å². The zero-order valence-electron chi connectivity index (χ0n) is 12.9. The number of thioether (sulfide) groups is 1. The predicted molar refractivity (Wildman–Crippen MR) is 89.7 cm³/mol. The van der Waals surface area contributed by atoms with Gasteiger partial charge >= 0.3 is 0 Å². The summed E-state index contributed by atoms with van der Waals surface area (Å²) in [6.45, 7) is 6.45. The van der Waals surface area contributed by atoms with Crippen molar-refractivity contribution in [2.24, 2.45) is 0 Å². The average Bonchev–Trinajstić information content (AvgIpc) is 2.88. The Hall–Kier alpha value is -1.46. The molecule has 2 rings (SSSR count). The summed E-state index contributed by atoms with van der Waals surface area (Å²) in [6.07, 6.45) is 5.13. The Morgan fingerprint density at radius 1 is 1.38 bits per heavy atom. The van der Waals surface area contributed by atoms with Crippen LogP contribution in [0, 0.1) is 6.92 Å². The molecule has 114 valence electrons. The van der Waals surface area contributed by atoms with E-state index in [1.165, 1.54) is 4.90 Å². The molecule has 0 aliphatic carbocycles. The standard InChI is InChI=1S/C16H23N3OS/c1-4-20-10-6-9-17-16-18-13(2)12-19(16)14-7-5-8-15(11-14)21-3/h5,7-8,11-12H,4,6,9-10H2,1-3H3,(H,17,18). The molecule has 2 aromatic rings. The van der Waals surface area contributed by atoms with Gasteiger partial charge in [-0.25, -0.2) is 4.98 Å². The van der Waals surface area contributed by atoms with Crippen LogP contribution in [-0.4, -0.2) is 35.6 Å². The van der Waals surface area contributed by atoms with Gasteiger partial charge in [0.2, 0.25) is 5.95 Å². The maximum atomic E-state index is 5.35. The number of aromatic nitrogens is 2. The maximum Gasteiger partial charge on any atom is 0.207 e. The molecule has 5 heteroatoms. The maximum absolute atomic E-state index is 5.35. The van der Waals surface area contributed by atoms with Gasteiger partial charge in [-0.05, 0) is 44.7 Å². The van der Waals surface area contributed by atoms with Gasteiger partial charge in [0.05, 0.1) is 5.69 Å². The van der Waals surface area contributed by atoms with Crippen LogP contribution in [-0.2, 0) is 4.74 Å². The molecule has 0 saturated heterocycles. The van der Waals surface area contributed by atoms with Gasteiger partial charge in [0.1, 0.15) is 0 Å². The third-order valence-electron chi connectivity index (χ3n) is 3.11. The Balaban J connectivity index is 2.08. The molecule has 1 N–H and O–H groups in total. The van der Waals surface area contributed by atoms with E-state index in [9.17, 15) is 0 Å². The van der Waals surface area contributed by atoms with E-state index >= 15 is 0 Å². The van der Waals surface area contributed by atoms with E-state index in [4.69, 9.17) is 4.74 Å². The topological polar surface area (TPSA) is 39.1 Å². The Labute approximate surface area is 130 Å². The number of rotatable bonds is 8. The van der Waals surface area contributed by atoms with Crippen LogP contribution in [0.2, 0.25) is 0 Å². The molecular formula is C16H23N3OS. The van der Waals surface area contributed by atoms with E-state index in [0.717, 1.165) is 43.5 Å². The highest BCUT2D eigenvalue weighted by atomic mass is 32.2. The number of aryl methyl sites for hydroxylation is 1. The number of anilines is 1. The predicted octanol–water partition coefficient (Wildman–Crippen LogP) is 3.74. The minimum absolute atomic E-state index is 0.773. The lowest BCUT2D eigenvalue weighted by Gasteiger charge is -2.10. The molecular weight excluding hydrogens is 282 g/mol. The van der Waals surface area contributed by atoms with Crippen molar-refractivity contribution in [3.8, 4) is 5.69 Å². The number of ether oxygens (including phenoxy) is 1. The van der Waals surface area contributed by atoms with Crippen molar-refractivity contribution in [3.05, 3.63) is 36.2 Å². The number of hydrogen-bond acceptors (Lipinski definition) is 4. The number of hydrogen-bond donors (Lipinski definition) is 1. The Kier molecular flexibility index (Phi) is 6.14. The molecule has 0 saturated carbocycles. The summed E-state index contributed by atoms with van der Waals surface area (Å²) in [5.74, 6) is 0.891. The Morgan fingerprint density at radius 3 is 3.00 bits per heavy atom. The molecule has 1 aromatic carbocycles. The van der Waals surface area contributed by atoms with E-state index in [1.807, 2.05) is 13.8 Å². The molecule has 0 bridgehead atoms. The van der Waals surface area contributed by atoms with Gasteiger partial charge in [0.25, 0.3) is 0 Å². The summed E-state index contributed by atoms with van der Waals surface area (Å²) in [5.41, 5.74) is 2.15. The monoisotopic (exact) mass is 305 g/mol. The summed E-state index contributed by atoms with van der Waals surface area (Å²) in [5, 5.41) is 3.39. The SMILES string of the molecule is CCOCCCNc1nc(C)cn1-c1cccc(SC)c1. The van der Waals surface area contributed by atoms with Crippen molar-refractivity contribution < 1.29 is 4.74 Å². The van der Waals surface area contributed by atoms with Crippen molar-refractivity contribution in [2.75, 3.05) is 31.3 Å². The van der Waals surface area contributed by atoms with Crippen LogP contribution in [0.3, 0.4) is 0 Å². The van der Waals surface area contributed by atoms with E-state index < -0.39 is 0 Å². The van der Waals surface area contributed by atoms with Crippen LogP contribution in [0.5, 0.6) is 0 Å². The second-order valence-electron chi connectivity index (χ2n) is 4.75. The van der Waals surface area contributed by atoms with E-state index in [-0.39, 0.29) is 0 Å². The number of nitrogens with one attached hydrogen (secondary N) is 1. The lowest BCUT2D eigenvalue weighted by atomic mass is 10.3. The first-order chi connectivity index (χ1) is 10.2. The highest BCUT2D eigenvalue weighted by Crippen LogP contribution is 2.22. The quantitative estimate of drug-likeness (QED) is 0.595. The summed E-state index contributed by atoms with van der Waals surface area (Å²) in [6, 6.07) is 8.48. The van der Waals surface area contributed by atoms with Crippen molar-refractivity contribution in [1.29, 1.82) is 0 Å². The third kappa shape index (κ3) is 4.51. The first-order valence-electron chi connectivity index (χ1n) is 7.26. The average molecular weight is 305 g/mol. The lowest BCUT2D eigenvalue weighted by Crippen LogP contribution is -2.10. The third-order valence-corrected chi connectivity index (χ3v) is 3.84. The second-order valence-corrected chi connectivity index (χ2v) is 5.63. The van der Waals surface area contributed by atoms with Gasteiger partial charge in [-0.15, -0.1) is 11.8 Å². The fourth-order valence-corrected chi connectivity index (χ4v) is 2.55. The molecule has 0 radical (unpaired) electrons. The molecule has 1 heterocycles. The summed E-state index contributed by atoms with van der Waals surface area (Å²) in [4.78, 5) is 5.82. The minimum atomic E-state index is 0.773. The Morgan fingerprint density at radius 2 is 2.24 bits per heavy atom. The number of nitrogens with zero attached hydrogens (tertiary/aromatic N) is 2. The number of imidazole rings is 1. The molecule has 0 aliphatic heterocycles. The zero-order chi connectivity index (χ0) is 15.1. The van der Waals surface area contributed by atoms with Crippen LogP contribution in [0.4, 0.5) is 5.95 Å². The van der Waals surface area contributed by atoms with E-state index in [1.54, 1.807) is 11.8 Å². The largest absolute Gasteiger partial charge is 0.382 e. The van der Waals surface area contributed by atoms with E-state index in [0.29, 0.717) is 0 Å². The van der Waals surface area contributed by atoms with Crippen molar-refractivity contribution >= 4 is 17.7 Å². The fourth-order valence-electron chi connectivity index (χ4n) is 2.10. The molecule has 0 spiro atoms. The lowest BCUT2D eigenvalue weighted by molar-refractivity contribution is 0.147. The van der Waals surface area contributed by atoms with Gasteiger partial charge < -0.3 is 10.1 Å². The smallest absolute Gasteiger partial charge is 0.207 e. The van der Waals surface area contributed by atoms with Crippen molar-refractivity contribution in [2.45, 2.75) is 25.2 Å². The summed E-state index contributed by atoms with van der Waals surface area (Å²) in [7, 11) is 0.